The molecular weight excluding hydrogens is 400 g/mol. The summed E-state index contributed by atoms with van der Waals surface area (Å²) in [5, 5.41) is 5.74. The fourth-order valence-electron chi connectivity index (χ4n) is 3.54. The zero-order chi connectivity index (χ0) is 21.9. The zero-order valence-electron chi connectivity index (χ0n) is 17.4. The van der Waals surface area contributed by atoms with Crippen molar-refractivity contribution in [3.05, 3.63) is 108 Å². The smallest absolute Gasteiger partial charge is 0.185 e. The number of aromatic nitrogens is 2. The van der Waals surface area contributed by atoms with Gasteiger partial charge in [-0.1, -0.05) is 36.4 Å². The van der Waals surface area contributed by atoms with Crippen LogP contribution in [0, 0.1) is 0 Å². The van der Waals surface area contributed by atoms with Crippen molar-refractivity contribution in [1.82, 2.24) is 9.78 Å². The van der Waals surface area contributed by atoms with Gasteiger partial charge in [-0.05, 0) is 66.7 Å². The summed E-state index contributed by atoms with van der Waals surface area (Å²) in [5.74, 6) is 1.32. The molecule has 5 heteroatoms. The van der Waals surface area contributed by atoms with Crippen molar-refractivity contribution in [3.63, 3.8) is 0 Å². The van der Waals surface area contributed by atoms with Gasteiger partial charge in [0.25, 0.3) is 0 Å². The van der Waals surface area contributed by atoms with Crippen LogP contribution in [-0.2, 0) is 0 Å². The van der Waals surface area contributed by atoms with Gasteiger partial charge in [0, 0.05) is 10.9 Å². The van der Waals surface area contributed by atoms with E-state index in [2.05, 4.69) is 0 Å². The van der Waals surface area contributed by atoms with E-state index in [0.29, 0.717) is 22.8 Å². The second-order valence-electron chi connectivity index (χ2n) is 7.28. The number of carbonyl (C=O) groups is 1. The van der Waals surface area contributed by atoms with Gasteiger partial charge in [-0.2, -0.15) is 5.10 Å². The van der Waals surface area contributed by atoms with Crippen molar-refractivity contribution in [2.75, 3.05) is 7.11 Å². The minimum atomic E-state index is -0.104. The number of hydrogen-bond acceptors (Lipinski definition) is 4. The molecule has 0 atom stereocenters. The molecule has 156 valence electrons. The molecule has 0 bridgehead atoms. The van der Waals surface area contributed by atoms with Crippen molar-refractivity contribution in [2.45, 2.75) is 0 Å². The molecule has 5 nitrogen and oxygen atoms in total. The Morgan fingerprint density at radius 1 is 0.938 bits per heavy atom. The normalized spacial score (nSPS) is 11.3. The van der Waals surface area contributed by atoms with Gasteiger partial charge in [-0.25, -0.2) is 4.68 Å². The molecule has 3 aromatic carbocycles. The van der Waals surface area contributed by atoms with Crippen LogP contribution in [-0.4, -0.2) is 22.7 Å². The highest BCUT2D eigenvalue weighted by Crippen LogP contribution is 2.30. The van der Waals surface area contributed by atoms with Crippen LogP contribution in [0.2, 0.25) is 0 Å². The molecular formula is C27H20N2O3. The van der Waals surface area contributed by atoms with Gasteiger partial charge in [0.05, 0.1) is 18.5 Å². The molecule has 0 aliphatic heterocycles. The number of hydrogen-bond donors (Lipinski definition) is 0. The Morgan fingerprint density at radius 3 is 2.44 bits per heavy atom. The maximum atomic E-state index is 12.6. The minimum Gasteiger partial charge on any atom is -0.497 e. The number of allylic oxidation sites excluding steroid dienone is 1. The SMILES string of the molecule is COc1ccc(C(=O)/C=C/c2cc(-c3cc4ccccc4o3)n(-c3ccccc3)n2)cc1. The van der Waals surface area contributed by atoms with Crippen molar-refractivity contribution in [3.8, 4) is 22.9 Å². The monoisotopic (exact) mass is 420 g/mol. The van der Waals surface area contributed by atoms with Crippen LogP contribution in [0.3, 0.4) is 0 Å². The van der Waals surface area contributed by atoms with Crippen LogP contribution >= 0.6 is 0 Å². The first-order chi connectivity index (χ1) is 15.7. The average Bonchev–Trinajstić information content (AvgIpc) is 3.47. The number of ketones is 1. The molecule has 0 amide bonds. The van der Waals surface area contributed by atoms with Gasteiger partial charge in [0.2, 0.25) is 0 Å². The second kappa shape index (κ2) is 8.40. The first-order valence-corrected chi connectivity index (χ1v) is 10.2. The van der Waals surface area contributed by atoms with Crippen molar-refractivity contribution in [1.29, 1.82) is 0 Å². The topological polar surface area (TPSA) is 57.3 Å². The molecule has 5 rings (SSSR count). The van der Waals surface area contributed by atoms with E-state index in [4.69, 9.17) is 14.3 Å². The molecule has 0 saturated carbocycles. The van der Waals surface area contributed by atoms with Crippen LogP contribution in [0.1, 0.15) is 16.1 Å². The number of ether oxygens (including phenoxy) is 1. The molecule has 2 heterocycles. The standard InChI is InChI=1S/C27H20N2O3/c1-31-23-14-11-19(12-15-23)25(30)16-13-21-18-24(29(28-21)22-8-3-2-4-9-22)27-17-20-7-5-6-10-26(20)32-27/h2-18H,1H3/b16-13+. The van der Waals surface area contributed by atoms with Crippen LogP contribution in [0.25, 0.3) is 34.2 Å². The maximum Gasteiger partial charge on any atom is 0.185 e. The molecule has 0 aliphatic carbocycles. The molecule has 0 aliphatic rings. The molecule has 2 aromatic heterocycles. The Hall–Kier alpha value is -4.38. The van der Waals surface area contributed by atoms with Gasteiger partial charge in [0.1, 0.15) is 17.0 Å². The van der Waals surface area contributed by atoms with Crippen molar-refractivity contribution in [2.24, 2.45) is 0 Å². The third-order valence-electron chi connectivity index (χ3n) is 5.19. The highest BCUT2D eigenvalue weighted by Gasteiger charge is 2.15. The van der Waals surface area contributed by atoms with E-state index >= 15 is 0 Å². The van der Waals surface area contributed by atoms with Crippen LogP contribution in [0.15, 0.2) is 101 Å². The molecule has 0 spiro atoms. The highest BCUT2D eigenvalue weighted by atomic mass is 16.5. The Labute approximate surface area is 185 Å². The summed E-state index contributed by atoms with van der Waals surface area (Å²) < 4.78 is 13.1. The van der Waals surface area contributed by atoms with Crippen LogP contribution in [0.5, 0.6) is 5.75 Å². The zero-order valence-corrected chi connectivity index (χ0v) is 17.4. The first-order valence-electron chi connectivity index (χ1n) is 10.2. The highest BCUT2D eigenvalue weighted by molar-refractivity contribution is 6.06. The Kier molecular flexibility index (Phi) is 5.14. The van der Waals surface area contributed by atoms with Gasteiger partial charge >= 0.3 is 0 Å². The lowest BCUT2D eigenvalue weighted by Crippen LogP contribution is -1.98. The van der Waals surface area contributed by atoms with E-state index in [1.807, 2.05) is 71.4 Å². The lowest BCUT2D eigenvalue weighted by molar-refractivity contribution is 0.104. The predicted molar refractivity (Wildman–Crippen MR) is 125 cm³/mol. The number of carbonyl (C=O) groups excluding carboxylic acids is 1. The van der Waals surface area contributed by atoms with Gasteiger partial charge in [-0.15, -0.1) is 0 Å². The van der Waals surface area contributed by atoms with E-state index in [0.717, 1.165) is 22.4 Å². The third-order valence-corrected chi connectivity index (χ3v) is 5.19. The number of fused-ring (bicyclic) bond motifs is 1. The van der Waals surface area contributed by atoms with E-state index in [9.17, 15) is 4.79 Å². The summed E-state index contributed by atoms with van der Waals surface area (Å²) in [6, 6.07) is 28.7. The quantitative estimate of drug-likeness (QED) is 0.243. The molecule has 5 aromatic rings. The third kappa shape index (κ3) is 3.84. The number of furan rings is 1. The van der Waals surface area contributed by atoms with E-state index in [-0.39, 0.29) is 5.78 Å². The predicted octanol–water partition coefficient (Wildman–Crippen LogP) is 6.19. The molecule has 0 saturated heterocycles. The lowest BCUT2D eigenvalue weighted by atomic mass is 10.1. The first kappa shape index (κ1) is 19.6. The fraction of sp³-hybridized carbons (Fsp3) is 0.0370. The van der Waals surface area contributed by atoms with E-state index in [1.165, 1.54) is 6.08 Å². The molecule has 0 N–H and O–H groups in total. The molecule has 32 heavy (non-hydrogen) atoms. The summed E-state index contributed by atoms with van der Waals surface area (Å²) in [6.07, 6.45) is 3.25. The van der Waals surface area contributed by atoms with Gasteiger partial charge < -0.3 is 9.15 Å². The minimum absolute atomic E-state index is 0.104. The second-order valence-corrected chi connectivity index (χ2v) is 7.28. The Morgan fingerprint density at radius 2 is 1.69 bits per heavy atom. The lowest BCUT2D eigenvalue weighted by Gasteiger charge is -2.04. The Bertz CT molecular complexity index is 1380. The Balaban J connectivity index is 1.52. The van der Waals surface area contributed by atoms with Crippen molar-refractivity contribution >= 4 is 22.8 Å². The molecule has 0 unspecified atom stereocenters. The average molecular weight is 420 g/mol. The number of nitrogens with zero attached hydrogens (tertiary/aromatic N) is 2. The van der Waals surface area contributed by atoms with Gasteiger partial charge in [0.15, 0.2) is 11.5 Å². The van der Waals surface area contributed by atoms with E-state index in [1.54, 1.807) is 37.5 Å². The van der Waals surface area contributed by atoms with Crippen molar-refractivity contribution < 1.29 is 13.9 Å². The largest absolute Gasteiger partial charge is 0.497 e. The summed E-state index contributed by atoms with van der Waals surface area (Å²) in [5.41, 5.74) is 3.77. The summed E-state index contributed by atoms with van der Waals surface area (Å²) in [7, 11) is 1.60. The maximum absolute atomic E-state index is 12.6. The van der Waals surface area contributed by atoms with Crippen LogP contribution in [0.4, 0.5) is 0 Å². The summed E-state index contributed by atoms with van der Waals surface area (Å²) in [4.78, 5) is 12.6. The molecule has 0 radical (unpaired) electrons. The summed E-state index contributed by atoms with van der Waals surface area (Å²) in [6.45, 7) is 0. The number of para-hydroxylation sites is 2. The van der Waals surface area contributed by atoms with Gasteiger partial charge in [-0.3, -0.25) is 4.79 Å². The summed E-state index contributed by atoms with van der Waals surface area (Å²) >= 11 is 0. The van der Waals surface area contributed by atoms with Crippen LogP contribution < -0.4 is 4.74 Å². The number of methoxy groups -OCH3 is 1. The number of benzene rings is 3. The number of rotatable bonds is 6. The fourth-order valence-corrected chi connectivity index (χ4v) is 3.54. The van der Waals surface area contributed by atoms with E-state index < -0.39 is 0 Å². The molecule has 0 fully saturated rings.